The SMILES string of the molecule is CCC(/N=C/B=O)[C@@H]1CC(COS(C)(=O)=O)C(=O)O1. The number of rotatable bonds is 7. The van der Waals surface area contributed by atoms with Crippen LogP contribution in [0.2, 0.25) is 0 Å². The number of ether oxygens (including phenoxy) is 1. The summed E-state index contributed by atoms with van der Waals surface area (Å²) in [4.78, 5) is 15.6. The Kier molecular flexibility index (Phi) is 5.80. The van der Waals surface area contributed by atoms with Crippen molar-refractivity contribution in [1.29, 1.82) is 0 Å². The fourth-order valence-corrected chi connectivity index (χ4v) is 2.27. The fourth-order valence-electron chi connectivity index (χ4n) is 1.86. The molecule has 1 aliphatic heterocycles. The second-order valence-corrected chi connectivity index (χ2v) is 5.95. The van der Waals surface area contributed by atoms with Crippen molar-refractivity contribution in [2.24, 2.45) is 10.9 Å². The summed E-state index contributed by atoms with van der Waals surface area (Å²) in [5.41, 5.74) is 0. The molecule has 0 aromatic heterocycles. The van der Waals surface area contributed by atoms with E-state index in [-0.39, 0.29) is 12.6 Å². The first kappa shape index (κ1) is 16.0. The number of carbonyl (C=O) groups excluding carboxylic acids is 1. The molecule has 3 atom stereocenters. The Morgan fingerprint density at radius 3 is 2.84 bits per heavy atom. The number of cyclic esters (lactones) is 1. The van der Waals surface area contributed by atoms with Gasteiger partial charge in [0.1, 0.15) is 0 Å². The van der Waals surface area contributed by atoms with E-state index in [2.05, 4.69) is 9.18 Å². The molecule has 2 unspecified atom stereocenters. The number of hydrogen-bond donors (Lipinski definition) is 0. The second-order valence-electron chi connectivity index (χ2n) is 4.31. The quantitative estimate of drug-likeness (QED) is 0.277. The zero-order valence-electron chi connectivity index (χ0n) is 10.8. The van der Waals surface area contributed by atoms with Crippen LogP contribution in [0.4, 0.5) is 0 Å². The van der Waals surface area contributed by atoms with Gasteiger partial charge in [0.2, 0.25) is 0 Å². The molecule has 0 aliphatic carbocycles. The van der Waals surface area contributed by atoms with Crippen LogP contribution in [0.1, 0.15) is 19.8 Å². The molecule has 1 rings (SSSR count). The van der Waals surface area contributed by atoms with Crippen LogP contribution in [-0.2, 0) is 28.5 Å². The van der Waals surface area contributed by atoms with Crippen LogP contribution in [0.15, 0.2) is 4.99 Å². The predicted octanol–water partition coefficient (Wildman–Crippen LogP) is -0.249. The molecule has 0 N–H and O–H groups in total. The van der Waals surface area contributed by atoms with Crippen LogP contribution >= 0.6 is 0 Å². The van der Waals surface area contributed by atoms with E-state index in [4.69, 9.17) is 4.74 Å². The van der Waals surface area contributed by atoms with E-state index < -0.39 is 28.1 Å². The number of nitrogens with zero attached hydrogens (tertiary/aromatic N) is 1. The molecule has 1 fully saturated rings. The maximum atomic E-state index is 11.6. The molecule has 0 radical (unpaired) electrons. The topological polar surface area (TPSA) is 99.1 Å². The summed E-state index contributed by atoms with van der Waals surface area (Å²) in [6.45, 7) is 1.64. The molecule has 0 aromatic rings. The van der Waals surface area contributed by atoms with E-state index in [1.54, 1.807) is 0 Å². The Hall–Kier alpha value is -1.09. The van der Waals surface area contributed by atoms with Gasteiger partial charge in [-0.1, -0.05) is 0 Å². The molecule has 0 spiro atoms. The van der Waals surface area contributed by atoms with Crippen molar-refractivity contribution in [3.05, 3.63) is 0 Å². The Bertz CT molecular complexity index is 463. The van der Waals surface area contributed by atoms with Gasteiger partial charge in [-0.05, 0) is 0 Å². The van der Waals surface area contributed by atoms with E-state index in [1.807, 2.05) is 6.92 Å². The van der Waals surface area contributed by atoms with Crippen LogP contribution in [0, 0.1) is 5.92 Å². The number of aliphatic imine (C=N–C) groups is 1. The molecule has 0 aromatic carbocycles. The second kappa shape index (κ2) is 6.90. The van der Waals surface area contributed by atoms with Crippen molar-refractivity contribution in [3.63, 3.8) is 0 Å². The van der Waals surface area contributed by atoms with Gasteiger partial charge in [0, 0.05) is 0 Å². The zero-order chi connectivity index (χ0) is 14.5. The van der Waals surface area contributed by atoms with E-state index in [1.165, 1.54) is 0 Å². The molecule has 1 saturated heterocycles. The molecule has 0 saturated carbocycles. The van der Waals surface area contributed by atoms with Gasteiger partial charge in [-0.2, -0.15) is 0 Å². The van der Waals surface area contributed by atoms with Crippen molar-refractivity contribution in [3.8, 4) is 0 Å². The molecule has 1 aliphatic rings. The Morgan fingerprint density at radius 2 is 2.32 bits per heavy atom. The Labute approximate surface area is 112 Å². The van der Waals surface area contributed by atoms with Gasteiger partial charge in [0.15, 0.2) is 0 Å². The summed E-state index contributed by atoms with van der Waals surface area (Å²) < 4.78 is 41.7. The fraction of sp³-hybridized carbons (Fsp3) is 0.800. The Morgan fingerprint density at radius 1 is 1.63 bits per heavy atom. The summed E-state index contributed by atoms with van der Waals surface area (Å²) in [5.74, 6) is -1.10. The van der Waals surface area contributed by atoms with E-state index >= 15 is 0 Å². The molecular formula is C10H16BNO6S. The molecule has 19 heavy (non-hydrogen) atoms. The number of hydrogen-bond acceptors (Lipinski definition) is 7. The molecule has 1 heterocycles. The monoisotopic (exact) mass is 289 g/mol. The van der Waals surface area contributed by atoms with Crippen LogP contribution in [0.5, 0.6) is 0 Å². The van der Waals surface area contributed by atoms with Crippen LogP contribution in [0.3, 0.4) is 0 Å². The van der Waals surface area contributed by atoms with E-state index in [9.17, 15) is 17.9 Å². The third-order valence-electron chi connectivity index (χ3n) is 2.79. The third kappa shape index (κ3) is 5.19. The van der Waals surface area contributed by atoms with Crippen molar-refractivity contribution < 1.29 is 26.8 Å². The maximum absolute atomic E-state index is 11.6. The molecule has 0 amide bonds. The molecule has 9 heteroatoms. The Balaban J connectivity index is 2.60. The first-order valence-electron chi connectivity index (χ1n) is 5.89. The standard InChI is InChI=1S/C10H16BNO6S/c1-3-8(12-6-11-14)9-4-7(10(13)18-9)5-17-19(2,15)16/h6-9H,3-5H2,1-2H3/b12-6+/t7?,8?,9-/m0/s1. The third-order valence-corrected chi connectivity index (χ3v) is 3.35. The number of carbonyl (C=O) groups is 1. The summed E-state index contributed by atoms with van der Waals surface area (Å²) >= 11 is 0. The van der Waals surface area contributed by atoms with Gasteiger partial charge in [-0.3, -0.25) is 0 Å². The van der Waals surface area contributed by atoms with Crippen molar-refractivity contribution in [1.82, 2.24) is 0 Å². The molecule has 7 nitrogen and oxygen atoms in total. The van der Waals surface area contributed by atoms with Crippen molar-refractivity contribution >= 4 is 29.4 Å². The van der Waals surface area contributed by atoms with Crippen LogP contribution in [0.25, 0.3) is 0 Å². The summed E-state index contributed by atoms with van der Waals surface area (Å²) in [6.07, 6.45) is 2.56. The van der Waals surface area contributed by atoms with Gasteiger partial charge in [-0.25, -0.2) is 0 Å². The van der Waals surface area contributed by atoms with Gasteiger partial charge in [0.25, 0.3) is 0 Å². The van der Waals surface area contributed by atoms with Crippen LogP contribution in [-0.4, -0.2) is 52.7 Å². The zero-order valence-corrected chi connectivity index (χ0v) is 11.6. The summed E-state index contributed by atoms with van der Waals surface area (Å²) in [5, 5.41) is 0. The average molecular weight is 289 g/mol. The van der Waals surface area contributed by atoms with Gasteiger partial charge < -0.3 is 0 Å². The summed E-state index contributed by atoms with van der Waals surface area (Å²) in [6, 6.07) is -0.294. The van der Waals surface area contributed by atoms with Crippen molar-refractivity contribution in [2.45, 2.75) is 31.9 Å². The van der Waals surface area contributed by atoms with Crippen LogP contribution < -0.4 is 0 Å². The molecule has 0 bridgehead atoms. The van der Waals surface area contributed by atoms with E-state index in [0.717, 1.165) is 12.4 Å². The number of esters is 1. The minimum atomic E-state index is -3.58. The molecular weight excluding hydrogens is 273 g/mol. The normalized spacial score (nSPS) is 25.3. The average Bonchev–Trinajstić information content (AvgIpc) is 2.68. The predicted molar refractivity (Wildman–Crippen MR) is 67.8 cm³/mol. The van der Waals surface area contributed by atoms with Crippen molar-refractivity contribution in [2.75, 3.05) is 12.9 Å². The first-order valence-corrected chi connectivity index (χ1v) is 7.70. The minimum absolute atomic E-state index is 0.220. The molecule has 106 valence electrons. The van der Waals surface area contributed by atoms with Gasteiger partial charge in [0.05, 0.1) is 0 Å². The van der Waals surface area contributed by atoms with Gasteiger partial charge >= 0.3 is 112 Å². The summed E-state index contributed by atoms with van der Waals surface area (Å²) in [7, 11) is -3.02. The van der Waals surface area contributed by atoms with Gasteiger partial charge in [-0.15, -0.1) is 0 Å². The first-order chi connectivity index (χ1) is 8.87. The van der Waals surface area contributed by atoms with E-state index in [0.29, 0.717) is 20.0 Å².